The number of rotatable bonds is 0. The van der Waals surface area contributed by atoms with Gasteiger partial charge in [0.1, 0.15) is 5.60 Å². The average molecular weight is 267 g/mol. The van der Waals surface area contributed by atoms with Crippen LogP contribution in [0.4, 0.5) is 18.0 Å². The summed E-state index contributed by atoms with van der Waals surface area (Å²) in [5.41, 5.74) is -0.715. The van der Waals surface area contributed by atoms with Crippen LogP contribution in [0, 0.1) is 0 Å². The van der Waals surface area contributed by atoms with Crippen molar-refractivity contribution in [2.75, 3.05) is 6.54 Å². The fraction of sp³-hybridized carbons (Fsp3) is 0.909. The van der Waals surface area contributed by atoms with Crippen molar-refractivity contribution in [2.24, 2.45) is 0 Å². The maximum atomic E-state index is 12.7. The standard InChI is InChI=1S/C11H16F3NO3/c1-10(2,3)18-9(16)15-5-6-4-7(15)8(17-6)11(12,13)14/h6-8H,4-5H2,1-3H3. The van der Waals surface area contributed by atoms with Crippen molar-refractivity contribution in [3.8, 4) is 0 Å². The normalized spacial score (nSPS) is 31.9. The maximum Gasteiger partial charge on any atom is 0.416 e. The minimum Gasteiger partial charge on any atom is -0.444 e. The number of carbonyl (C=O) groups is 1. The van der Waals surface area contributed by atoms with Gasteiger partial charge in [-0.05, 0) is 27.2 Å². The molecule has 0 aromatic rings. The molecule has 4 nitrogen and oxygen atoms in total. The van der Waals surface area contributed by atoms with Crippen molar-refractivity contribution < 1.29 is 27.4 Å². The summed E-state index contributed by atoms with van der Waals surface area (Å²) >= 11 is 0. The average Bonchev–Trinajstić information content (AvgIpc) is 2.71. The molecule has 2 aliphatic heterocycles. The van der Waals surface area contributed by atoms with Gasteiger partial charge in [0.2, 0.25) is 0 Å². The van der Waals surface area contributed by atoms with E-state index in [0.717, 1.165) is 4.90 Å². The van der Waals surface area contributed by atoms with E-state index in [-0.39, 0.29) is 13.0 Å². The van der Waals surface area contributed by atoms with E-state index in [4.69, 9.17) is 9.47 Å². The largest absolute Gasteiger partial charge is 0.444 e. The Morgan fingerprint density at radius 3 is 2.39 bits per heavy atom. The van der Waals surface area contributed by atoms with Crippen LogP contribution >= 0.6 is 0 Å². The molecular formula is C11H16F3NO3. The molecule has 2 heterocycles. The lowest BCUT2D eigenvalue weighted by Crippen LogP contribution is -2.53. The van der Waals surface area contributed by atoms with Crippen molar-refractivity contribution in [1.82, 2.24) is 4.90 Å². The van der Waals surface area contributed by atoms with E-state index in [1.54, 1.807) is 20.8 Å². The monoisotopic (exact) mass is 267 g/mol. The number of hydrogen-bond donors (Lipinski definition) is 0. The van der Waals surface area contributed by atoms with Crippen molar-refractivity contribution in [3.05, 3.63) is 0 Å². The van der Waals surface area contributed by atoms with Gasteiger partial charge in [0.25, 0.3) is 0 Å². The molecule has 2 aliphatic rings. The molecule has 3 atom stereocenters. The molecule has 0 aromatic heterocycles. The number of likely N-dealkylation sites (tertiary alicyclic amines) is 1. The summed E-state index contributed by atoms with van der Waals surface area (Å²) in [6.07, 6.45) is -7.34. The number of nitrogens with zero attached hydrogens (tertiary/aromatic N) is 1. The molecule has 2 rings (SSSR count). The minimum absolute atomic E-state index is 0.173. The van der Waals surface area contributed by atoms with Gasteiger partial charge in [-0.2, -0.15) is 13.2 Å². The Bertz CT molecular complexity index is 350. The Labute approximate surface area is 103 Å². The summed E-state index contributed by atoms with van der Waals surface area (Å²) < 4.78 is 48.0. The van der Waals surface area contributed by atoms with Crippen LogP contribution in [-0.4, -0.2) is 47.6 Å². The Balaban J connectivity index is 2.06. The van der Waals surface area contributed by atoms with Gasteiger partial charge in [-0.1, -0.05) is 0 Å². The van der Waals surface area contributed by atoms with Crippen LogP contribution in [0.2, 0.25) is 0 Å². The highest BCUT2D eigenvalue weighted by Gasteiger charge is 2.59. The predicted molar refractivity (Wildman–Crippen MR) is 56.1 cm³/mol. The number of amides is 1. The van der Waals surface area contributed by atoms with E-state index in [1.807, 2.05) is 0 Å². The summed E-state index contributed by atoms with van der Waals surface area (Å²) in [5, 5.41) is 0. The van der Waals surface area contributed by atoms with Crippen LogP contribution in [0.3, 0.4) is 0 Å². The summed E-state index contributed by atoms with van der Waals surface area (Å²) in [6.45, 7) is 5.21. The second kappa shape index (κ2) is 4.01. The van der Waals surface area contributed by atoms with Gasteiger partial charge in [0.15, 0.2) is 6.10 Å². The second-order valence-electron chi connectivity index (χ2n) is 5.66. The number of ether oxygens (including phenoxy) is 2. The van der Waals surface area contributed by atoms with Crippen molar-refractivity contribution in [3.63, 3.8) is 0 Å². The molecule has 2 fully saturated rings. The lowest BCUT2D eigenvalue weighted by atomic mass is 10.1. The molecule has 1 amide bonds. The van der Waals surface area contributed by atoms with E-state index in [2.05, 4.69) is 0 Å². The zero-order valence-electron chi connectivity index (χ0n) is 10.5. The van der Waals surface area contributed by atoms with E-state index in [0.29, 0.717) is 0 Å². The zero-order chi connectivity index (χ0) is 13.7. The topological polar surface area (TPSA) is 38.8 Å². The highest BCUT2D eigenvalue weighted by atomic mass is 19.4. The van der Waals surface area contributed by atoms with Crippen LogP contribution in [0.25, 0.3) is 0 Å². The molecule has 7 heteroatoms. The Hall–Kier alpha value is -0.980. The smallest absolute Gasteiger partial charge is 0.416 e. The number of halogens is 3. The molecule has 0 N–H and O–H groups in total. The fourth-order valence-corrected chi connectivity index (χ4v) is 2.34. The Morgan fingerprint density at radius 1 is 1.33 bits per heavy atom. The van der Waals surface area contributed by atoms with Gasteiger partial charge in [-0.3, -0.25) is 4.90 Å². The van der Waals surface area contributed by atoms with Gasteiger partial charge in [-0.25, -0.2) is 4.79 Å². The van der Waals surface area contributed by atoms with Gasteiger partial charge in [0, 0.05) is 0 Å². The number of morpholine rings is 1. The molecule has 0 aromatic carbocycles. The van der Waals surface area contributed by atoms with Crippen LogP contribution in [0.15, 0.2) is 0 Å². The first-order chi connectivity index (χ1) is 8.08. The van der Waals surface area contributed by atoms with Gasteiger partial charge >= 0.3 is 12.3 Å². The summed E-state index contributed by atoms with van der Waals surface area (Å²) in [4.78, 5) is 12.9. The van der Waals surface area contributed by atoms with Crippen molar-refractivity contribution >= 4 is 6.09 Å². The van der Waals surface area contributed by atoms with Crippen LogP contribution in [-0.2, 0) is 9.47 Å². The third kappa shape index (κ3) is 2.55. The first-order valence-electron chi connectivity index (χ1n) is 5.80. The third-order valence-corrected chi connectivity index (χ3v) is 2.94. The summed E-state index contributed by atoms with van der Waals surface area (Å²) in [5.74, 6) is 0. The molecular weight excluding hydrogens is 251 g/mol. The van der Waals surface area contributed by atoms with E-state index in [1.165, 1.54) is 0 Å². The first-order valence-corrected chi connectivity index (χ1v) is 5.80. The van der Waals surface area contributed by atoms with Gasteiger partial charge in [0.05, 0.1) is 18.7 Å². The van der Waals surface area contributed by atoms with Crippen molar-refractivity contribution in [1.29, 1.82) is 0 Å². The molecule has 2 saturated heterocycles. The van der Waals surface area contributed by atoms with Gasteiger partial charge < -0.3 is 9.47 Å². The third-order valence-electron chi connectivity index (χ3n) is 2.94. The Morgan fingerprint density at radius 2 is 1.94 bits per heavy atom. The summed E-state index contributed by atoms with van der Waals surface area (Å²) in [7, 11) is 0. The van der Waals surface area contributed by atoms with Crippen LogP contribution in [0.1, 0.15) is 27.2 Å². The Kier molecular flexibility index (Phi) is 3.00. The number of carbonyl (C=O) groups excluding carboxylic acids is 1. The molecule has 0 radical (unpaired) electrons. The molecule has 104 valence electrons. The lowest BCUT2D eigenvalue weighted by Gasteiger charge is -2.35. The van der Waals surface area contributed by atoms with Crippen LogP contribution in [0.5, 0.6) is 0 Å². The molecule has 0 spiro atoms. The molecule has 0 aliphatic carbocycles. The van der Waals surface area contributed by atoms with E-state index < -0.39 is 36.1 Å². The first kappa shape index (κ1) is 13.5. The molecule has 2 bridgehead atoms. The lowest BCUT2D eigenvalue weighted by molar-refractivity contribution is -0.236. The highest BCUT2D eigenvalue weighted by Crippen LogP contribution is 2.41. The second-order valence-corrected chi connectivity index (χ2v) is 5.66. The van der Waals surface area contributed by atoms with Crippen LogP contribution < -0.4 is 0 Å². The molecule has 3 unspecified atom stereocenters. The van der Waals surface area contributed by atoms with Gasteiger partial charge in [-0.15, -0.1) is 0 Å². The van der Waals surface area contributed by atoms with E-state index >= 15 is 0 Å². The quantitative estimate of drug-likeness (QED) is 0.676. The predicted octanol–water partition coefficient (Wildman–Crippen LogP) is 2.33. The number of hydrogen-bond acceptors (Lipinski definition) is 3. The van der Waals surface area contributed by atoms with E-state index in [9.17, 15) is 18.0 Å². The van der Waals surface area contributed by atoms with Crippen molar-refractivity contribution in [2.45, 2.75) is 57.2 Å². The molecule has 18 heavy (non-hydrogen) atoms. The zero-order valence-corrected chi connectivity index (χ0v) is 10.5. The fourth-order valence-electron chi connectivity index (χ4n) is 2.34. The highest BCUT2D eigenvalue weighted by molar-refractivity contribution is 5.69. The number of alkyl halides is 3. The summed E-state index contributed by atoms with van der Waals surface area (Å²) in [6, 6.07) is -0.954. The molecule has 0 saturated carbocycles. The maximum absolute atomic E-state index is 12.7. The number of fused-ring (bicyclic) bond motifs is 2. The minimum atomic E-state index is -4.44. The SMILES string of the molecule is CC(C)(C)OC(=O)N1CC2CC1C(C(F)(F)F)O2.